The van der Waals surface area contributed by atoms with Crippen molar-refractivity contribution in [3.05, 3.63) is 95.1 Å². The van der Waals surface area contributed by atoms with E-state index in [4.69, 9.17) is 18.9 Å². The number of benzene rings is 4. The van der Waals surface area contributed by atoms with Gasteiger partial charge in [-0.15, -0.1) is 0 Å². The van der Waals surface area contributed by atoms with E-state index in [2.05, 4.69) is 0 Å². The number of carbonyl (C=O) groups is 4. The third kappa shape index (κ3) is 4.01. The highest BCUT2D eigenvalue weighted by molar-refractivity contribution is 6.19. The first-order valence-electron chi connectivity index (χ1n) is 12.2. The van der Waals surface area contributed by atoms with Gasteiger partial charge in [0.15, 0.2) is 0 Å². The van der Waals surface area contributed by atoms with E-state index in [0.717, 1.165) is 11.1 Å². The topological polar surface area (TPSA) is 105 Å². The lowest BCUT2D eigenvalue weighted by Crippen LogP contribution is -2.16. The second-order valence-corrected chi connectivity index (χ2v) is 8.88. The lowest BCUT2D eigenvalue weighted by Gasteiger charge is -2.28. The van der Waals surface area contributed by atoms with Crippen LogP contribution in [0.5, 0.6) is 0 Å². The summed E-state index contributed by atoms with van der Waals surface area (Å²) in [4.78, 5) is 53.0. The number of fused-ring (bicyclic) bond motifs is 8. The number of hydrogen-bond acceptors (Lipinski definition) is 8. The summed E-state index contributed by atoms with van der Waals surface area (Å²) in [5.74, 6) is -2.71. The molecule has 0 amide bonds. The van der Waals surface area contributed by atoms with Gasteiger partial charge in [0.2, 0.25) is 0 Å². The van der Waals surface area contributed by atoms with E-state index in [1.54, 1.807) is 0 Å². The molecule has 4 aromatic carbocycles. The quantitative estimate of drug-likeness (QED) is 0.209. The zero-order valence-corrected chi connectivity index (χ0v) is 22.2. The number of ether oxygens (including phenoxy) is 4. The van der Waals surface area contributed by atoms with Crippen LogP contribution in [0.25, 0.3) is 44.5 Å². The zero-order valence-electron chi connectivity index (χ0n) is 22.2. The van der Waals surface area contributed by atoms with Crippen LogP contribution in [-0.2, 0) is 18.9 Å². The lowest BCUT2D eigenvalue weighted by atomic mass is 9.75. The minimum atomic E-state index is -0.704. The fraction of sp³-hybridized carbons (Fsp3) is 0.125. The molecule has 0 bridgehead atoms. The van der Waals surface area contributed by atoms with Crippen LogP contribution in [0.15, 0.2) is 72.8 Å². The van der Waals surface area contributed by atoms with E-state index < -0.39 is 23.9 Å². The normalized spacial score (nSPS) is 10.9. The van der Waals surface area contributed by atoms with Crippen molar-refractivity contribution in [3.8, 4) is 44.5 Å². The van der Waals surface area contributed by atoms with Gasteiger partial charge in [-0.05, 0) is 46.5 Å². The van der Waals surface area contributed by atoms with Crippen molar-refractivity contribution in [2.75, 3.05) is 28.4 Å². The molecule has 1 aliphatic carbocycles. The van der Waals surface area contributed by atoms with Crippen molar-refractivity contribution in [3.63, 3.8) is 0 Å². The first-order valence-corrected chi connectivity index (χ1v) is 12.2. The predicted molar refractivity (Wildman–Crippen MR) is 147 cm³/mol. The first-order chi connectivity index (χ1) is 19.4. The molecule has 0 aromatic heterocycles. The summed E-state index contributed by atoms with van der Waals surface area (Å²) < 4.78 is 20.5. The van der Waals surface area contributed by atoms with E-state index in [0.29, 0.717) is 22.3 Å². The molecule has 0 saturated carbocycles. The van der Waals surface area contributed by atoms with Crippen LogP contribution >= 0.6 is 0 Å². The molecule has 0 fully saturated rings. The van der Waals surface area contributed by atoms with Gasteiger partial charge in [-0.1, -0.05) is 48.5 Å². The van der Waals surface area contributed by atoms with Gasteiger partial charge in [-0.3, -0.25) is 0 Å². The molecule has 8 heteroatoms. The highest BCUT2D eigenvalue weighted by Crippen LogP contribution is 2.52. The number of hydrogen-bond donors (Lipinski definition) is 0. The van der Waals surface area contributed by atoms with Crippen LogP contribution in [0.2, 0.25) is 0 Å². The maximum absolute atomic E-state index is 13.3. The van der Waals surface area contributed by atoms with E-state index in [1.807, 2.05) is 48.5 Å². The van der Waals surface area contributed by atoms with Gasteiger partial charge in [0.25, 0.3) is 0 Å². The molecule has 200 valence electrons. The Hall–Kier alpha value is -5.24. The molecular formula is C32H24O8. The summed E-state index contributed by atoms with van der Waals surface area (Å²) in [6.07, 6.45) is 0. The van der Waals surface area contributed by atoms with Crippen molar-refractivity contribution in [2.24, 2.45) is 0 Å². The highest BCUT2D eigenvalue weighted by Gasteiger charge is 2.35. The number of carbonyl (C=O) groups excluding carboxylic acids is 4. The second-order valence-electron chi connectivity index (χ2n) is 8.88. The smallest absolute Gasteiger partial charge is 0.338 e. The standard InChI is InChI=1S/C32H24O8/c1-37-29(33)21-13-15-23(31(35)39-3)27-25(21)19-11-7-5-9-17(19)18-10-6-8-12-20(18)26-22(30(34)38-2)14-16-24(28(26)27)32(36)40-4/h5-16H,1-4H3. The van der Waals surface area contributed by atoms with Crippen molar-refractivity contribution in [1.29, 1.82) is 0 Å². The Morgan fingerprint density at radius 2 is 0.625 bits per heavy atom. The molecule has 1 aliphatic rings. The maximum atomic E-state index is 13.3. The molecule has 0 unspecified atom stereocenters. The molecule has 4 aromatic rings. The van der Waals surface area contributed by atoms with E-state index in [9.17, 15) is 19.2 Å². The molecular weight excluding hydrogens is 512 g/mol. The third-order valence-corrected chi connectivity index (χ3v) is 6.96. The van der Waals surface area contributed by atoms with E-state index in [1.165, 1.54) is 52.7 Å². The molecule has 0 radical (unpaired) electrons. The van der Waals surface area contributed by atoms with Gasteiger partial charge in [-0.25, -0.2) is 19.2 Å². The van der Waals surface area contributed by atoms with Crippen LogP contribution < -0.4 is 0 Å². The van der Waals surface area contributed by atoms with E-state index in [-0.39, 0.29) is 33.4 Å². The SMILES string of the molecule is COC(=O)c1ccc(C(=O)OC)c2c1-c1ccccc1-c1ccccc1-c1c(C(=O)OC)ccc(C(=O)OC)c1-2. The van der Waals surface area contributed by atoms with Crippen molar-refractivity contribution >= 4 is 23.9 Å². The van der Waals surface area contributed by atoms with Crippen LogP contribution in [0.1, 0.15) is 41.4 Å². The van der Waals surface area contributed by atoms with Crippen LogP contribution in [-0.4, -0.2) is 52.3 Å². The van der Waals surface area contributed by atoms with Gasteiger partial charge < -0.3 is 18.9 Å². The predicted octanol–water partition coefficient (Wildman–Crippen LogP) is 5.81. The summed E-state index contributed by atoms with van der Waals surface area (Å²) in [6.45, 7) is 0. The molecule has 0 heterocycles. The Labute approximate surface area is 230 Å². The third-order valence-electron chi connectivity index (χ3n) is 6.96. The second kappa shape index (κ2) is 10.5. The van der Waals surface area contributed by atoms with Gasteiger partial charge in [0.05, 0.1) is 50.7 Å². The van der Waals surface area contributed by atoms with Gasteiger partial charge in [0.1, 0.15) is 0 Å². The van der Waals surface area contributed by atoms with Gasteiger partial charge >= 0.3 is 23.9 Å². The van der Waals surface area contributed by atoms with Crippen LogP contribution in [0.3, 0.4) is 0 Å². The summed E-state index contributed by atoms with van der Waals surface area (Å²) >= 11 is 0. The Balaban J connectivity index is 2.17. The molecule has 0 spiro atoms. The van der Waals surface area contributed by atoms with Crippen molar-refractivity contribution in [2.45, 2.75) is 0 Å². The number of methoxy groups -OCH3 is 4. The molecule has 0 N–H and O–H groups in total. The van der Waals surface area contributed by atoms with Gasteiger partial charge in [0, 0.05) is 22.3 Å². The maximum Gasteiger partial charge on any atom is 0.338 e. The Morgan fingerprint density at radius 1 is 0.375 bits per heavy atom. The number of esters is 4. The average Bonchev–Trinajstić information content (AvgIpc) is 3.01. The Kier molecular flexibility index (Phi) is 6.92. The molecule has 8 nitrogen and oxygen atoms in total. The van der Waals surface area contributed by atoms with E-state index >= 15 is 0 Å². The summed E-state index contributed by atoms with van der Waals surface area (Å²) in [7, 11) is 5.00. The average molecular weight is 537 g/mol. The summed E-state index contributed by atoms with van der Waals surface area (Å²) in [5.41, 5.74) is 4.28. The summed E-state index contributed by atoms with van der Waals surface area (Å²) in [5, 5.41) is 0. The molecule has 40 heavy (non-hydrogen) atoms. The minimum absolute atomic E-state index is 0.0766. The highest BCUT2D eigenvalue weighted by atomic mass is 16.5. The molecule has 5 rings (SSSR count). The van der Waals surface area contributed by atoms with Crippen molar-refractivity contribution in [1.82, 2.24) is 0 Å². The lowest BCUT2D eigenvalue weighted by molar-refractivity contribution is 0.0586. The monoisotopic (exact) mass is 536 g/mol. The van der Waals surface area contributed by atoms with Crippen LogP contribution in [0.4, 0.5) is 0 Å². The first kappa shape index (κ1) is 26.4. The minimum Gasteiger partial charge on any atom is -0.465 e. The van der Waals surface area contributed by atoms with Crippen molar-refractivity contribution < 1.29 is 38.1 Å². The van der Waals surface area contributed by atoms with Gasteiger partial charge in [-0.2, -0.15) is 0 Å². The molecule has 0 aliphatic heterocycles. The fourth-order valence-electron chi connectivity index (χ4n) is 5.28. The Bertz CT molecular complexity index is 1590. The number of rotatable bonds is 4. The summed E-state index contributed by atoms with van der Waals surface area (Å²) in [6, 6.07) is 20.6. The zero-order chi connectivity index (χ0) is 28.6. The largest absolute Gasteiger partial charge is 0.465 e. The fourth-order valence-corrected chi connectivity index (χ4v) is 5.28. The Morgan fingerprint density at radius 3 is 0.900 bits per heavy atom. The molecule has 0 saturated heterocycles. The van der Waals surface area contributed by atoms with Crippen LogP contribution in [0, 0.1) is 0 Å². The molecule has 0 atom stereocenters.